The van der Waals surface area contributed by atoms with Gasteiger partial charge in [-0.3, -0.25) is 13.9 Å². The van der Waals surface area contributed by atoms with Gasteiger partial charge in [0.05, 0.1) is 36.9 Å². The number of fused-ring (bicyclic) bond motifs is 1. The van der Waals surface area contributed by atoms with Crippen molar-refractivity contribution < 1.29 is 14.2 Å². The Morgan fingerprint density at radius 3 is 2.52 bits per heavy atom. The highest BCUT2D eigenvalue weighted by Gasteiger charge is 2.23. The summed E-state index contributed by atoms with van der Waals surface area (Å²) in [5.74, 6) is 1.18. The minimum Gasteiger partial charge on any atom is -0.493 e. The summed E-state index contributed by atoms with van der Waals surface area (Å²) < 4.78 is 21.3. The first-order valence-electron chi connectivity index (χ1n) is 9.59. The van der Waals surface area contributed by atoms with Crippen molar-refractivity contribution in [2.75, 3.05) is 20.8 Å². The zero-order valence-corrected chi connectivity index (χ0v) is 17.1. The summed E-state index contributed by atoms with van der Waals surface area (Å²) >= 11 is 0. The van der Waals surface area contributed by atoms with E-state index < -0.39 is 0 Å². The topological polar surface area (TPSA) is 76.6 Å². The van der Waals surface area contributed by atoms with Crippen molar-refractivity contribution in [3.63, 3.8) is 0 Å². The Morgan fingerprint density at radius 1 is 1.10 bits per heavy atom. The summed E-state index contributed by atoms with van der Waals surface area (Å²) in [5, 5.41) is 0.500. The third-order valence-electron chi connectivity index (χ3n) is 5.59. The van der Waals surface area contributed by atoms with Crippen LogP contribution in [0.15, 0.2) is 34.0 Å². The summed E-state index contributed by atoms with van der Waals surface area (Å²) in [5.41, 5.74) is 1.48. The van der Waals surface area contributed by atoms with Crippen molar-refractivity contribution in [2.24, 2.45) is 14.1 Å². The van der Waals surface area contributed by atoms with E-state index >= 15 is 0 Å². The zero-order chi connectivity index (χ0) is 20.7. The lowest BCUT2D eigenvalue weighted by atomic mass is 10.1. The lowest BCUT2D eigenvalue weighted by Crippen LogP contribution is -2.36. The summed E-state index contributed by atoms with van der Waals surface area (Å²) in [6, 6.07) is 5.56. The van der Waals surface area contributed by atoms with Gasteiger partial charge in [0, 0.05) is 39.0 Å². The molecule has 0 amide bonds. The molecule has 2 aromatic heterocycles. The van der Waals surface area contributed by atoms with Crippen molar-refractivity contribution in [3.8, 4) is 22.8 Å². The van der Waals surface area contributed by atoms with Gasteiger partial charge in [0.15, 0.2) is 11.5 Å². The van der Waals surface area contributed by atoms with Crippen molar-refractivity contribution in [3.05, 3.63) is 45.2 Å². The summed E-state index contributed by atoms with van der Waals surface area (Å²) in [6.07, 6.45) is 3.94. The summed E-state index contributed by atoms with van der Waals surface area (Å²) in [7, 11) is 6.34. The number of nitrogens with zero attached hydrogens (tertiary/aromatic N) is 3. The molecule has 3 aromatic rings. The third-order valence-corrected chi connectivity index (χ3v) is 5.59. The maximum absolute atomic E-state index is 13.1. The van der Waals surface area contributed by atoms with Crippen molar-refractivity contribution in [2.45, 2.75) is 25.5 Å². The number of ether oxygens (including phenoxy) is 3. The monoisotopic (exact) mass is 399 g/mol. The molecular weight excluding hydrogens is 374 g/mol. The maximum atomic E-state index is 13.1. The SMILES string of the molecule is COc1ccc(-c2c3c(=O)n(C)c(=O)n(C)c3cn2CC2CCCO2)cc1OC. The molecule has 0 radical (unpaired) electrons. The van der Waals surface area contributed by atoms with Crippen LogP contribution in [-0.2, 0) is 25.4 Å². The van der Waals surface area contributed by atoms with E-state index in [0.29, 0.717) is 28.9 Å². The van der Waals surface area contributed by atoms with Gasteiger partial charge in [-0.2, -0.15) is 0 Å². The van der Waals surface area contributed by atoms with Gasteiger partial charge in [0.25, 0.3) is 5.56 Å². The van der Waals surface area contributed by atoms with Crippen LogP contribution in [0.5, 0.6) is 11.5 Å². The fourth-order valence-electron chi connectivity index (χ4n) is 4.03. The number of rotatable bonds is 5. The van der Waals surface area contributed by atoms with Gasteiger partial charge in [-0.05, 0) is 31.0 Å². The molecule has 1 aliphatic rings. The molecule has 0 bridgehead atoms. The smallest absolute Gasteiger partial charge is 0.330 e. The van der Waals surface area contributed by atoms with Crippen LogP contribution < -0.4 is 20.7 Å². The molecule has 0 aliphatic carbocycles. The van der Waals surface area contributed by atoms with Crippen LogP contribution in [-0.4, -0.2) is 40.6 Å². The van der Waals surface area contributed by atoms with Crippen LogP contribution in [0.1, 0.15) is 12.8 Å². The van der Waals surface area contributed by atoms with E-state index in [9.17, 15) is 9.59 Å². The van der Waals surface area contributed by atoms with Crippen molar-refractivity contribution in [1.82, 2.24) is 13.7 Å². The van der Waals surface area contributed by atoms with E-state index in [1.54, 1.807) is 21.3 Å². The van der Waals surface area contributed by atoms with E-state index in [4.69, 9.17) is 14.2 Å². The molecule has 29 heavy (non-hydrogen) atoms. The number of hydrogen-bond acceptors (Lipinski definition) is 5. The number of methoxy groups -OCH3 is 2. The van der Waals surface area contributed by atoms with E-state index in [-0.39, 0.29) is 17.4 Å². The Bertz CT molecular complexity index is 1180. The molecule has 1 aliphatic heterocycles. The molecule has 3 heterocycles. The molecule has 154 valence electrons. The lowest BCUT2D eigenvalue weighted by molar-refractivity contribution is 0.0975. The van der Waals surface area contributed by atoms with Gasteiger partial charge in [0.1, 0.15) is 0 Å². The van der Waals surface area contributed by atoms with Crippen LogP contribution in [0.3, 0.4) is 0 Å². The van der Waals surface area contributed by atoms with Gasteiger partial charge in [0.2, 0.25) is 0 Å². The Kier molecular flexibility index (Phi) is 4.96. The van der Waals surface area contributed by atoms with Gasteiger partial charge >= 0.3 is 5.69 Å². The van der Waals surface area contributed by atoms with E-state index in [0.717, 1.165) is 35.3 Å². The largest absolute Gasteiger partial charge is 0.493 e. The predicted octanol–water partition coefficient (Wildman–Crippen LogP) is 1.90. The van der Waals surface area contributed by atoms with Crippen LogP contribution in [0.4, 0.5) is 0 Å². The predicted molar refractivity (Wildman–Crippen MR) is 110 cm³/mol. The quantitative estimate of drug-likeness (QED) is 0.655. The zero-order valence-electron chi connectivity index (χ0n) is 17.1. The average Bonchev–Trinajstić information content (AvgIpc) is 3.38. The first-order valence-corrected chi connectivity index (χ1v) is 9.59. The molecule has 1 aromatic carbocycles. The van der Waals surface area contributed by atoms with E-state index in [2.05, 4.69) is 0 Å². The second-order valence-corrected chi connectivity index (χ2v) is 7.30. The molecule has 1 saturated heterocycles. The number of hydrogen-bond donors (Lipinski definition) is 0. The minimum atomic E-state index is -0.351. The maximum Gasteiger partial charge on any atom is 0.330 e. The number of aromatic nitrogens is 3. The second-order valence-electron chi connectivity index (χ2n) is 7.30. The molecule has 1 atom stereocenters. The Hall–Kier alpha value is -3.00. The fraction of sp³-hybridized carbons (Fsp3) is 0.429. The van der Waals surface area contributed by atoms with Crippen LogP contribution in [0.2, 0.25) is 0 Å². The molecule has 1 fully saturated rings. The summed E-state index contributed by atoms with van der Waals surface area (Å²) in [4.78, 5) is 25.5. The highest BCUT2D eigenvalue weighted by Crippen LogP contribution is 2.35. The standard InChI is InChI=1S/C21H25N3O5/c1-22-15-12-24(11-14-6-5-9-29-14)19(18(15)20(25)23(2)21(22)26)13-7-8-16(27-3)17(10-13)28-4/h7-8,10,12,14H,5-6,9,11H2,1-4H3. The average molecular weight is 399 g/mol. The molecule has 0 N–H and O–H groups in total. The Labute approximate surface area is 167 Å². The number of aryl methyl sites for hydroxylation is 1. The molecular formula is C21H25N3O5. The second kappa shape index (κ2) is 7.44. The van der Waals surface area contributed by atoms with E-state index in [1.165, 1.54) is 11.6 Å². The van der Waals surface area contributed by atoms with E-state index in [1.807, 2.05) is 29.0 Å². The fourth-order valence-corrected chi connectivity index (χ4v) is 4.03. The first-order chi connectivity index (χ1) is 14.0. The molecule has 4 rings (SSSR count). The van der Waals surface area contributed by atoms with Crippen molar-refractivity contribution in [1.29, 1.82) is 0 Å². The van der Waals surface area contributed by atoms with Crippen LogP contribution in [0.25, 0.3) is 22.2 Å². The van der Waals surface area contributed by atoms with Gasteiger partial charge in [-0.25, -0.2) is 4.79 Å². The third kappa shape index (κ3) is 3.13. The van der Waals surface area contributed by atoms with Gasteiger partial charge in [-0.15, -0.1) is 0 Å². The Morgan fingerprint density at radius 2 is 1.86 bits per heavy atom. The van der Waals surface area contributed by atoms with Crippen LogP contribution in [0, 0.1) is 0 Å². The highest BCUT2D eigenvalue weighted by molar-refractivity contribution is 5.94. The van der Waals surface area contributed by atoms with Crippen LogP contribution >= 0.6 is 0 Å². The highest BCUT2D eigenvalue weighted by atomic mass is 16.5. The number of benzene rings is 1. The first kappa shape index (κ1) is 19.3. The van der Waals surface area contributed by atoms with Gasteiger partial charge < -0.3 is 18.8 Å². The molecule has 1 unspecified atom stereocenters. The lowest BCUT2D eigenvalue weighted by Gasteiger charge is -2.15. The summed E-state index contributed by atoms with van der Waals surface area (Å²) in [6.45, 7) is 1.35. The van der Waals surface area contributed by atoms with Gasteiger partial charge in [-0.1, -0.05) is 0 Å². The molecule has 0 saturated carbocycles. The van der Waals surface area contributed by atoms with Crippen molar-refractivity contribution >= 4 is 10.9 Å². The minimum absolute atomic E-state index is 0.0802. The Balaban J connectivity index is 2.02. The molecule has 8 nitrogen and oxygen atoms in total. The molecule has 8 heteroatoms. The normalized spacial score (nSPS) is 16.5. The molecule has 0 spiro atoms.